The molecule has 0 saturated carbocycles. The summed E-state index contributed by atoms with van der Waals surface area (Å²) in [6, 6.07) is 3.67. The Labute approximate surface area is 160 Å². The lowest BCUT2D eigenvalue weighted by atomic mass is 9.97. The van der Waals surface area contributed by atoms with E-state index in [1.54, 1.807) is 6.20 Å². The zero-order chi connectivity index (χ0) is 18.8. The number of piperidine rings is 1. The molecule has 0 aliphatic carbocycles. The van der Waals surface area contributed by atoms with E-state index < -0.39 is 0 Å². The van der Waals surface area contributed by atoms with Crippen molar-refractivity contribution in [3.63, 3.8) is 0 Å². The number of thiazole rings is 1. The Hall–Kier alpha value is -2.94. The monoisotopic (exact) mass is 384 g/mol. The number of carbonyl (C=O) groups excluding carboxylic acids is 2. The third kappa shape index (κ3) is 3.92. The number of hydrogen-bond donors (Lipinski definition) is 2. The molecule has 3 aromatic rings. The standard InChI is InChI=1S/C18H20N6O2S/c19-17(26)12-2-1-5-23(10-12)15-4-3-13(9-20-15)21-16(25)8-14-11-24-6-7-27-18(24)22-14/h3-4,6-7,9,11-12H,1-2,5,8,10H2,(H2,19,26)(H,21,25). The molecule has 140 valence electrons. The number of carbonyl (C=O) groups is 2. The van der Waals surface area contributed by atoms with Crippen LogP contribution < -0.4 is 16.0 Å². The lowest BCUT2D eigenvalue weighted by Gasteiger charge is -2.32. The number of fused-ring (bicyclic) bond motifs is 1. The summed E-state index contributed by atoms with van der Waals surface area (Å²) < 4.78 is 1.90. The fourth-order valence-corrected chi connectivity index (χ4v) is 4.01. The van der Waals surface area contributed by atoms with Gasteiger partial charge in [-0.05, 0) is 25.0 Å². The van der Waals surface area contributed by atoms with Gasteiger partial charge in [-0.15, -0.1) is 11.3 Å². The van der Waals surface area contributed by atoms with E-state index in [-0.39, 0.29) is 24.2 Å². The predicted octanol–water partition coefficient (Wildman–Crippen LogP) is 1.67. The van der Waals surface area contributed by atoms with Crippen LogP contribution in [0.1, 0.15) is 18.5 Å². The summed E-state index contributed by atoms with van der Waals surface area (Å²) in [5.74, 6) is 0.252. The number of aromatic nitrogens is 3. The second-order valence-corrected chi connectivity index (χ2v) is 7.52. The molecule has 1 aliphatic heterocycles. The van der Waals surface area contributed by atoms with Crippen molar-refractivity contribution < 1.29 is 9.59 Å². The van der Waals surface area contributed by atoms with Gasteiger partial charge in [0.25, 0.3) is 0 Å². The molecule has 1 aliphatic rings. The molecule has 0 bridgehead atoms. The Morgan fingerprint density at radius 1 is 1.37 bits per heavy atom. The first-order valence-corrected chi connectivity index (χ1v) is 9.68. The maximum Gasteiger partial charge on any atom is 0.230 e. The summed E-state index contributed by atoms with van der Waals surface area (Å²) in [6.45, 7) is 1.44. The van der Waals surface area contributed by atoms with E-state index in [1.165, 1.54) is 11.3 Å². The number of amides is 2. The maximum absolute atomic E-state index is 12.2. The van der Waals surface area contributed by atoms with Crippen molar-refractivity contribution in [3.8, 4) is 0 Å². The van der Waals surface area contributed by atoms with Crippen LogP contribution in [0.25, 0.3) is 4.96 Å². The highest BCUT2D eigenvalue weighted by atomic mass is 32.1. The summed E-state index contributed by atoms with van der Waals surface area (Å²) in [4.78, 5) is 35.4. The van der Waals surface area contributed by atoms with Gasteiger partial charge in [0.2, 0.25) is 11.8 Å². The Balaban J connectivity index is 1.36. The van der Waals surface area contributed by atoms with Crippen LogP contribution in [-0.2, 0) is 16.0 Å². The molecule has 3 aromatic heterocycles. The molecule has 8 nitrogen and oxygen atoms in total. The molecule has 0 radical (unpaired) electrons. The number of nitrogens with one attached hydrogen (secondary N) is 1. The van der Waals surface area contributed by atoms with Crippen molar-refractivity contribution in [2.24, 2.45) is 11.7 Å². The molecule has 1 atom stereocenters. The molecule has 27 heavy (non-hydrogen) atoms. The Bertz CT molecular complexity index is 935. The zero-order valence-corrected chi connectivity index (χ0v) is 15.5. The van der Waals surface area contributed by atoms with Gasteiger partial charge < -0.3 is 16.0 Å². The van der Waals surface area contributed by atoms with Gasteiger partial charge in [-0.3, -0.25) is 14.0 Å². The van der Waals surface area contributed by atoms with Crippen LogP contribution in [0.5, 0.6) is 0 Å². The average molecular weight is 384 g/mol. The maximum atomic E-state index is 12.2. The van der Waals surface area contributed by atoms with Gasteiger partial charge in [0.1, 0.15) is 5.82 Å². The minimum absolute atomic E-state index is 0.135. The first kappa shape index (κ1) is 17.5. The van der Waals surface area contributed by atoms with Crippen LogP contribution in [0, 0.1) is 5.92 Å². The minimum atomic E-state index is -0.261. The molecule has 0 spiro atoms. The van der Waals surface area contributed by atoms with E-state index in [2.05, 4.69) is 20.2 Å². The smallest absolute Gasteiger partial charge is 0.230 e. The lowest BCUT2D eigenvalue weighted by molar-refractivity contribution is -0.122. The second-order valence-electron chi connectivity index (χ2n) is 6.64. The van der Waals surface area contributed by atoms with Crippen molar-refractivity contribution in [3.05, 3.63) is 41.8 Å². The van der Waals surface area contributed by atoms with Crippen LogP contribution >= 0.6 is 11.3 Å². The quantitative estimate of drug-likeness (QED) is 0.696. The van der Waals surface area contributed by atoms with Gasteiger partial charge in [-0.2, -0.15) is 0 Å². The fourth-order valence-electron chi connectivity index (χ4n) is 3.30. The van der Waals surface area contributed by atoms with Crippen LogP contribution in [0.4, 0.5) is 11.5 Å². The van der Waals surface area contributed by atoms with Crippen molar-refractivity contribution in [2.45, 2.75) is 19.3 Å². The summed E-state index contributed by atoms with van der Waals surface area (Å²) in [5, 5.41) is 4.80. The third-order valence-corrected chi connectivity index (χ3v) is 5.43. The molecular weight excluding hydrogens is 364 g/mol. The Kier molecular flexibility index (Phi) is 4.76. The molecule has 2 amide bonds. The van der Waals surface area contributed by atoms with Crippen LogP contribution in [0.3, 0.4) is 0 Å². The van der Waals surface area contributed by atoms with E-state index in [9.17, 15) is 9.59 Å². The van der Waals surface area contributed by atoms with Gasteiger partial charge in [-0.25, -0.2) is 9.97 Å². The lowest BCUT2D eigenvalue weighted by Crippen LogP contribution is -2.41. The van der Waals surface area contributed by atoms with E-state index >= 15 is 0 Å². The number of rotatable bonds is 5. The topological polar surface area (TPSA) is 106 Å². The first-order valence-electron chi connectivity index (χ1n) is 8.80. The minimum Gasteiger partial charge on any atom is -0.369 e. The highest BCUT2D eigenvalue weighted by molar-refractivity contribution is 7.15. The summed E-state index contributed by atoms with van der Waals surface area (Å²) in [5.41, 5.74) is 6.79. The van der Waals surface area contributed by atoms with Crippen molar-refractivity contribution >= 4 is 39.6 Å². The number of pyridine rings is 1. The SMILES string of the molecule is NC(=O)C1CCCN(c2ccc(NC(=O)Cc3cn4ccsc4n3)cn2)C1. The largest absolute Gasteiger partial charge is 0.369 e. The fraction of sp³-hybridized carbons (Fsp3) is 0.333. The van der Waals surface area contributed by atoms with Crippen LogP contribution in [0.15, 0.2) is 36.1 Å². The van der Waals surface area contributed by atoms with E-state index in [4.69, 9.17) is 5.73 Å². The van der Waals surface area contributed by atoms with E-state index in [0.29, 0.717) is 12.2 Å². The highest BCUT2D eigenvalue weighted by Crippen LogP contribution is 2.22. The number of anilines is 2. The number of imidazole rings is 1. The van der Waals surface area contributed by atoms with E-state index in [1.807, 2.05) is 34.3 Å². The molecule has 3 N–H and O–H groups in total. The Morgan fingerprint density at radius 2 is 2.26 bits per heavy atom. The van der Waals surface area contributed by atoms with Gasteiger partial charge in [0, 0.05) is 30.9 Å². The zero-order valence-electron chi connectivity index (χ0n) is 14.7. The molecule has 1 fully saturated rings. The normalized spacial score (nSPS) is 17.2. The molecule has 4 rings (SSSR count). The molecule has 9 heteroatoms. The summed E-state index contributed by atoms with van der Waals surface area (Å²) in [7, 11) is 0. The number of nitrogens with two attached hydrogens (primary N) is 1. The average Bonchev–Trinajstić information content (AvgIpc) is 3.24. The van der Waals surface area contributed by atoms with Crippen molar-refractivity contribution in [1.29, 1.82) is 0 Å². The summed E-state index contributed by atoms with van der Waals surface area (Å²) in [6.07, 6.45) is 7.36. The second kappa shape index (κ2) is 7.36. The predicted molar refractivity (Wildman–Crippen MR) is 104 cm³/mol. The highest BCUT2D eigenvalue weighted by Gasteiger charge is 2.24. The van der Waals surface area contributed by atoms with Crippen molar-refractivity contribution in [1.82, 2.24) is 14.4 Å². The molecule has 1 saturated heterocycles. The molecule has 0 aromatic carbocycles. The van der Waals surface area contributed by atoms with Crippen molar-refractivity contribution in [2.75, 3.05) is 23.3 Å². The first-order chi connectivity index (χ1) is 13.1. The molecule has 4 heterocycles. The van der Waals surface area contributed by atoms with Gasteiger partial charge in [0.15, 0.2) is 4.96 Å². The molecular formula is C18H20N6O2S. The van der Waals surface area contributed by atoms with Crippen LogP contribution in [-0.4, -0.2) is 39.3 Å². The third-order valence-electron chi connectivity index (χ3n) is 4.66. The van der Waals surface area contributed by atoms with Crippen LogP contribution in [0.2, 0.25) is 0 Å². The Morgan fingerprint density at radius 3 is 3.00 bits per heavy atom. The number of nitrogens with zero attached hydrogens (tertiary/aromatic N) is 4. The van der Waals surface area contributed by atoms with Gasteiger partial charge in [-0.1, -0.05) is 0 Å². The van der Waals surface area contributed by atoms with E-state index in [0.717, 1.165) is 35.9 Å². The van der Waals surface area contributed by atoms with Gasteiger partial charge >= 0.3 is 0 Å². The molecule has 1 unspecified atom stereocenters. The number of primary amides is 1. The van der Waals surface area contributed by atoms with Gasteiger partial charge in [0.05, 0.1) is 29.9 Å². The number of hydrogen-bond acceptors (Lipinski definition) is 6. The summed E-state index contributed by atoms with van der Waals surface area (Å²) >= 11 is 1.53.